The number of alkyl halides is 2. The lowest BCUT2D eigenvalue weighted by Gasteiger charge is -2.42. The monoisotopic (exact) mass is 712 g/mol. The average molecular weight is 713 g/mol. The van der Waals surface area contributed by atoms with Crippen molar-refractivity contribution in [1.29, 1.82) is 0 Å². The molecule has 0 saturated heterocycles. The number of carbonyl (C=O) groups is 3. The number of carbonyl (C=O) groups excluding carboxylic acids is 3. The summed E-state index contributed by atoms with van der Waals surface area (Å²) < 4.78 is 79.7. The highest BCUT2D eigenvalue weighted by molar-refractivity contribution is 5.99. The molecule has 0 radical (unpaired) electrons. The lowest BCUT2D eigenvalue weighted by molar-refractivity contribution is -0.131. The predicted octanol–water partition coefficient (Wildman–Crippen LogP) is 5.54. The van der Waals surface area contributed by atoms with Gasteiger partial charge in [-0.05, 0) is 73.2 Å². The number of rotatable bonds is 12. The standard InChI is InChI=1S/C19H17F4N3O2.C17H17F2N3O/c20-12-2-3-14(21)13(6-12)19(4-1-5-19)7-16-24-8-11(9-25-16)15(27)10-26-18(28)17(22)23;18-12-2-3-14(19)13(6-12)17(4-1-5-17)7-16-21-9-11(10-22-16)15(23)8-20/h2-3,6,8-9,17H,1,4-5,7,10H2,(H,26,28);2-3,6,9-10H,1,4-5,7-8,20H2. The van der Waals surface area contributed by atoms with Crippen LogP contribution in [0.2, 0.25) is 0 Å². The summed E-state index contributed by atoms with van der Waals surface area (Å²) >= 11 is 0. The number of benzene rings is 2. The van der Waals surface area contributed by atoms with Gasteiger partial charge in [-0.3, -0.25) is 14.4 Å². The molecule has 6 rings (SSSR count). The maximum atomic E-state index is 14.2. The van der Waals surface area contributed by atoms with Gasteiger partial charge in [0.25, 0.3) is 5.91 Å². The number of halogens is 6. The van der Waals surface area contributed by atoms with Crippen LogP contribution in [0, 0.1) is 23.3 Å². The second-order valence-electron chi connectivity index (χ2n) is 12.7. The van der Waals surface area contributed by atoms with Crippen LogP contribution in [0.25, 0.3) is 0 Å². The van der Waals surface area contributed by atoms with Gasteiger partial charge in [0, 0.05) is 48.5 Å². The molecular weight excluding hydrogens is 678 g/mol. The van der Waals surface area contributed by atoms with Crippen molar-refractivity contribution in [2.45, 2.75) is 68.6 Å². The number of ketones is 2. The molecule has 0 atom stereocenters. The van der Waals surface area contributed by atoms with Gasteiger partial charge in [0.1, 0.15) is 34.9 Å². The zero-order chi connectivity index (χ0) is 36.8. The summed E-state index contributed by atoms with van der Waals surface area (Å²) in [4.78, 5) is 50.8. The molecule has 2 aliphatic rings. The number of nitrogens with one attached hydrogen (secondary N) is 1. The molecule has 3 N–H and O–H groups in total. The van der Waals surface area contributed by atoms with Gasteiger partial charge in [0.05, 0.1) is 24.2 Å². The fraction of sp³-hybridized carbons (Fsp3) is 0.361. The van der Waals surface area contributed by atoms with Crippen molar-refractivity contribution >= 4 is 17.5 Å². The Morgan fingerprint density at radius 3 is 1.45 bits per heavy atom. The van der Waals surface area contributed by atoms with E-state index in [1.807, 2.05) is 5.32 Å². The molecule has 2 saturated carbocycles. The Balaban J connectivity index is 0.000000201. The highest BCUT2D eigenvalue weighted by Gasteiger charge is 2.42. The molecule has 0 unspecified atom stereocenters. The van der Waals surface area contributed by atoms with Crippen LogP contribution in [0.3, 0.4) is 0 Å². The minimum absolute atomic E-state index is 0.0536. The van der Waals surface area contributed by atoms with E-state index in [9.17, 15) is 40.7 Å². The van der Waals surface area contributed by atoms with E-state index in [1.165, 1.54) is 36.9 Å². The van der Waals surface area contributed by atoms with Crippen molar-refractivity contribution in [3.8, 4) is 0 Å². The van der Waals surface area contributed by atoms with Crippen LogP contribution in [0.4, 0.5) is 26.3 Å². The highest BCUT2D eigenvalue weighted by Crippen LogP contribution is 2.48. The van der Waals surface area contributed by atoms with E-state index >= 15 is 0 Å². The van der Waals surface area contributed by atoms with Crippen molar-refractivity contribution in [3.63, 3.8) is 0 Å². The first-order valence-corrected chi connectivity index (χ1v) is 16.2. The lowest BCUT2D eigenvalue weighted by atomic mass is 9.62. The van der Waals surface area contributed by atoms with Gasteiger partial charge in [-0.15, -0.1) is 0 Å². The Labute approximate surface area is 289 Å². The summed E-state index contributed by atoms with van der Waals surface area (Å²) in [5.74, 6) is -3.36. The Hall–Kier alpha value is -5.05. The third-order valence-corrected chi connectivity index (χ3v) is 9.48. The van der Waals surface area contributed by atoms with Crippen LogP contribution in [0.5, 0.6) is 0 Å². The van der Waals surface area contributed by atoms with Crippen molar-refractivity contribution < 1.29 is 40.7 Å². The molecule has 2 aromatic heterocycles. The molecule has 2 aromatic carbocycles. The van der Waals surface area contributed by atoms with Gasteiger partial charge in [-0.1, -0.05) is 12.8 Å². The Morgan fingerprint density at radius 1 is 0.686 bits per heavy atom. The molecule has 2 aliphatic carbocycles. The molecule has 9 nitrogen and oxygen atoms in total. The molecule has 0 aliphatic heterocycles. The molecule has 51 heavy (non-hydrogen) atoms. The highest BCUT2D eigenvalue weighted by atomic mass is 19.3. The van der Waals surface area contributed by atoms with E-state index in [0.717, 1.165) is 49.9 Å². The van der Waals surface area contributed by atoms with Crippen LogP contribution in [-0.2, 0) is 28.5 Å². The summed E-state index contributed by atoms with van der Waals surface area (Å²) in [6, 6.07) is 6.90. The van der Waals surface area contributed by atoms with Gasteiger partial charge in [0.2, 0.25) is 0 Å². The second-order valence-corrected chi connectivity index (χ2v) is 12.7. The molecule has 1 amide bonds. The van der Waals surface area contributed by atoms with Crippen LogP contribution < -0.4 is 11.1 Å². The summed E-state index contributed by atoms with van der Waals surface area (Å²) in [5.41, 5.74) is 5.32. The van der Waals surface area contributed by atoms with Gasteiger partial charge in [-0.25, -0.2) is 37.5 Å². The molecule has 15 heteroatoms. The average Bonchev–Trinajstić information content (AvgIpc) is 3.09. The maximum absolute atomic E-state index is 14.2. The molecule has 4 aromatic rings. The Morgan fingerprint density at radius 2 is 1.10 bits per heavy atom. The van der Waals surface area contributed by atoms with Crippen LogP contribution >= 0.6 is 0 Å². The van der Waals surface area contributed by atoms with Gasteiger partial charge < -0.3 is 11.1 Å². The maximum Gasteiger partial charge on any atom is 0.315 e. The van der Waals surface area contributed by atoms with E-state index in [4.69, 9.17) is 5.73 Å². The molecule has 268 valence electrons. The molecule has 2 fully saturated rings. The first kappa shape index (κ1) is 37.2. The number of nitrogens with zero attached hydrogens (tertiary/aromatic N) is 4. The van der Waals surface area contributed by atoms with Crippen LogP contribution in [0.1, 0.15) is 82.0 Å². The topological polar surface area (TPSA) is 141 Å². The summed E-state index contributed by atoms with van der Waals surface area (Å²) in [7, 11) is 0. The van der Waals surface area contributed by atoms with Gasteiger partial charge in [0.15, 0.2) is 11.6 Å². The first-order chi connectivity index (χ1) is 24.3. The number of aromatic nitrogens is 4. The number of Topliss-reactive ketones (excluding diaryl/α,β-unsaturated/α-hetero) is 2. The largest absolute Gasteiger partial charge is 0.344 e. The van der Waals surface area contributed by atoms with E-state index < -0.39 is 58.8 Å². The molecular formula is C36H34F6N6O3. The molecule has 0 spiro atoms. The second kappa shape index (κ2) is 15.9. The van der Waals surface area contributed by atoms with Crippen LogP contribution in [-0.4, -0.2) is 56.9 Å². The molecule has 0 bridgehead atoms. The van der Waals surface area contributed by atoms with Crippen molar-refractivity contribution in [3.05, 3.63) is 118 Å². The van der Waals surface area contributed by atoms with Crippen molar-refractivity contribution in [2.75, 3.05) is 13.1 Å². The van der Waals surface area contributed by atoms with Gasteiger partial charge in [-0.2, -0.15) is 8.78 Å². The van der Waals surface area contributed by atoms with E-state index in [1.54, 1.807) is 0 Å². The third-order valence-electron chi connectivity index (χ3n) is 9.48. The van der Waals surface area contributed by atoms with E-state index in [2.05, 4.69) is 19.9 Å². The number of nitrogens with two attached hydrogens (primary N) is 1. The third kappa shape index (κ3) is 8.64. The minimum Gasteiger partial charge on any atom is -0.344 e. The quantitative estimate of drug-likeness (QED) is 0.144. The zero-order valence-corrected chi connectivity index (χ0v) is 27.3. The van der Waals surface area contributed by atoms with Gasteiger partial charge >= 0.3 is 6.43 Å². The summed E-state index contributed by atoms with van der Waals surface area (Å²) in [5, 5.41) is 1.81. The SMILES string of the molecule is NCC(=O)c1cnc(CC2(c3cc(F)ccc3F)CCC2)nc1.O=C(CNC(=O)C(F)F)c1cnc(CC2(c3cc(F)ccc3F)CCC2)nc1. The van der Waals surface area contributed by atoms with Crippen LogP contribution in [0.15, 0.2) is 61.2 Å². The number of hydrogen-bond acceptors (Lipinski definition) is 8. The lowest BCUT2D eigenvalue weighted by Crippen LogP contribution is -2.38. The summed E-state index contributed by atoms with van der Waals surface area (Å²) in [6.45, 7) is -0.689. The Kier molecular flexibility index (Phi) is 11.6. The predicted molar refractivity (Wildman–Crippen MR) is 172 cm³/mol. The smallest absolute Gasteiger partial charge is 0.315 e. The van der Waals surface area contributed by atoms with E-state index in [-0.39, 0.29) is 29.9 Å². The van der Waals surface area contributed by atoms with E-state index in [0.29, 0.717) is 42.0 Å². The molecule has 2 heterocycles. The first-order valence-electron chi connectivity index (χ1n) is 16.2. The fourth-order valence-corrected chi connectivity index (χ4v) is 6.35. The minimum atomic E-state index is -3.20. The van der Waals surface area contributed by atoms with Crippen molar-refractivity contribution in [1.82, 2.24) is 25.3 Å². The zero-order valence-electron chi connectivity index (χ0n) is 27.3. The number of hydrogen-bond donors (Lipinski definition) is 2. The van der Waals surface area contributed by atoms with Crippen molar-refractivity contribution in [2.24, 2.45) is 5.73 Å². The fourth-order valence-electron chi connectivity index (χ4n) is 6.35. The summed E-state index contributed by atoms with van der Waals surface area (Å²) in [6.07, 6.45) is 7.52. The normalized spacial score (nSPS) is 15.5. The number of amides is 1. The Bertz CT molecular complexity index is 1880.